The maximum Gasteiger partial charge on any atom is 0.308 e. The van der Waals surface area contributed by atoms with Gasteiger partial charge in [0.1, 0.15) is 22.7 Å². The normalized spacial score (nSPS) is 10.8. The number of methoxy groups -OCH3 is 1. The first-order chi connectivity index (χ1) is 13.5. The Labute approximate surface area is 160 Å². The number of nitrogens with one attached hydrogen (secondary N) is 1. The lowest BCUT2D eigenvalue weighted by Crippen LogP contribution is -2.13. The summed E-state index contributed by atoms with van der Waals surface area (Å²) in [6.45, 7) is 1.31. The highest BCUT2D eigenvalue weighted by molar-refractivity contribution is 6.10. The topological polar surface area (TPSA) is 77.8 Å². The molecular weight excluding hydrogens is 358 g/mol. The Hall–Kier alpha value is -3.80. The minimum atomic E-state index is -0.449. The maximum atomic E-state index is 12.7. The summed E-state index contributed by atoms with van der Waals surface area (Å²) in [6.07, 6.45) is 0. The van der Waals surface area contributed by atoms with Crippen LogP contribution in [0.3, 0.4) is 0 Å². The second-order valence-electron chi connectivity index (χ2n) is 6.22. The van der Waals surface area contributed by atoms with Crippen molar-refractivity contribution in [3.8, 4) is 11.5 Å². The van der Waals surface area contributed by atoms with Gasteiger partial charge in [0.25, 0.3) is 5.91 Å². The number of hydrogen-bond acceptors (Lipinski definition) is 5. The van der Waals surface area contributed by atoms with Gasteiger partial charge < -0.3 is 19.2 Å². The van der Waals surface area contributed by atoms with Crippen LogP contribution in [0.25, 0.3) is 21.9 Å². The van der Waals surface area contributed by atoms with Crippen molar-refractivity contribution in [3.05, 3.63) is 66.2 Å². The Bertz CT molecular complexity index is 1210. The Balaban J connectivity index is 1.69. The summed E-state index contributed by atoms with van der Waals surface area (Å²) in [7, 11) is 1.54. The Kier molecular flexibility index (Phi) is 4.45. The SMILES string of the molecule is COc1cc2c(cc1NC(=O)c1cccc(OC(C)=O)c1)oc1ccccc12. The van der Waals surface area contributed by atoms with Gasteiger partial charge in [-0.25, -0.2) is 0 Å². The Morgan fingerprint density at radius 2 is 1.75 bits per heavy atom. The minimum absolute atomic E-state index is 0.305. The molecule has 1 N–H and O–H groups in total. The Morgan fingerprint density at radius 1 is 0.929 bits per heavy atom. The number of rotatable bonds is 4. The average molecular weight is 375 g/mol. The van der Waals surface area contributed by atoms with E-state index >= 15 is 0 Å². The van der Waals surface area contributed by atoms with Crippen molar-refractivity contribution in [1.82, 2.24) is 0 Å². The van der Waals surface area contributed by atoms with Crippen molar-refractivity contribution in [2.24, 2.45) is 0 Å². The highest BCUT2D eigenvalue weighted by Crippen LogP contribution is 2.36. The molecular formula is C22H17NO5. The predicted molar refractivity (Wildman–Crippen MR) is 106 cm³/mol. The summed E-state index contributed by atoms with van der Waals surface area (Å²) in [5.41, 5.74) is 2.24. The molecule has 140 valence electrons. The first-order valence-corrected chi connectivity index (χ1v) is 8.64. The van der Waals surface area contributed by atoms with Gasteiger partial charge in [-0.05, 0) is 30.3 Å². The third-order valence-electron chi connectivity index (χ3n) is 4.30. The Morgan fingerprint density at radius 3 is 2.54 bits per heavy atom. The number of carbonyl (C=O) groups is 2. The van der Waals surface area contributed by atoms with Crippen LogP contribution in [0.15, 0.2) is 65.1 Å². The molecule has 1 heterocycles. The largest absolute Gasteiger partial charge is 0.495 e. The zero-order valence-corrected chi connectivity index (χ0v) is 15.3. The molecule has 0 fully saturated rings. The number of fused-ring (bicyclic) bond motifs is 3. The van der Waals surface area contributed by atoms with Crippen molar-refractivity contribution >= 4 is 39.5 Å². The lowest BCUT2D eigenvalue weighted by molar-refractivity contribution is -0.131. The van der Waals surface area contributed by atoms with E-state index in [0.29, 0.717) is 28.3 Å². The molecule has 0 spiro atoms. The summed E-state index contributed by atoms with van der Waals surface area (Å²) >= 11 is 0. The minimum Gasteiger partial charge on any atom is -0.495 e. The van der Waals surface area contributed by atoms with Gasteiger partial charge in [-0.15, -0.1) is 0 Å². The molecule has 0 saturated carbocycles. The van der Waals surface area contributed by atoms with Crippen molar-refractivity contribution in [3.63, 3.8) is 0 Å². The molecule has 4 aromatic rings. The van der Waals surface area contributed by atoms with Gasteiger partial charge in [0.15, 0.2) is 0 Å². The number of para-hydroxylation sites is 1. The van der Waals surface area contributed by atoms with Gasteiger partial charge in [0, 0.05) is 29.3 Å². The third kappa shape index (κ3) is 3.27. The standard InChI is InChI=1S/C22H17NO5/c1-13(24)27-15-7-5-6-14(10-15)22(25)23-18-12-20-17(11-21(18)26-2)16-8-3-4-9-19(16)28-20/h3-12H,1-2H3,(H,23,25). The van der Waals surface area contributed by atoms with E-state index in [1.807, 2.05) is 30.3 Å². The molecule has 6 nitrogen and oxygen atoms in total. The first kappa shape index (κ1) is 17.6. The fraction of sp³-hybridized carbons (Fsp3) is 0.0909. The number of carbonyl (C=O) groups excluding carboxylic acids is 2. The molecule has 28 heavy (non-hydrogen) atoms. The molecule has 0 aliphatic rings. The monoisotopic (exact) mass is 375 g/mol. The predicted octanol–water partition coefficient (Wildman–Crippen LogP) is 4.77. The van der Waals surface area contributed by atoms with Gasteiger partial charge in [-0.3, -0.25) is 9.59 Å². The van der Waals surface area contributed by atoms with Crippen LogP contribution < -0.4 is 14.8 Å². The number of amides is 1. The number of anilines is 1. The molecule has 0 radical (unpaired) electrons. The zero-order valence-electron chi connectivity index (χ0n) is 15.3. The average Bonchev–Trinajstić information content (AvgIpc) is 3.04. The fourth-order valence-electron chi connectivity index (χ4n) is 3.08. The molecule has 0 atom stereocenters. The third-order valence-corrected chi connectivity index (χ3v) is 4.30. The van der Waals surface area contributed by atoms with Gasteiger partial charge in [0.2, 0.25) is 0 Å². The van der Waals surface area contributed by atoms with E-state index in [1.54, 1.807) is 31.4 Å². The molecule has 4 rings (SSSR count). The summed E-state index contributed by atoms with van der Waals surface area (Å²) < 4.78 is 16.4. The van der Waals surface area contributed by atoms with Gasteiger partial charge in [0.05, 0.1) is 12.8 Å². The second kappa shape index (κ2) is 7.08. The summed E-state index contributed by atoms with van der Waals surface area (Å²) in [6, 6.07) is 17.7. The van der Waals surface area contributed by atoms with Crippen molar-refractivity contribution < 1.29 is 23.5 Å². The molecule has 3 aromatic carbocycles. The molecule has 0 aliphatic carbocycles. The number of esters is 1. The summed E-state index contributed by atoms with van der Waals surface area (Å²) in [5, 5.41) is 4.71. The summed E-state index contributed by atoms with van der Waals surface area (Å²) in [5.74, 6) is 0.0146. The van der Waals surface area contributed by atoms with Crippen LogP contribution in [0.4, 0.5) is 5.69 Å². The molecule has 0 unspecified atom stereocenters. The quantitative estimate of drug-likeness (QED) is 0.411. The van der Waals surface area contributed by atoms with E-state index in [1.165, 1.54) is 13.0 Å². The maximum absolute atomic E-state index is 12.7. The van der Waals surface area contributed by atoms with Crippen LogP contribution in [0.1, 0.15) is 17.3 Å². The van der Waals surface area contributed by atoms with Crippen LogP contribution in [0.2, 0.25) is 0 Å². The van der Waals surface area contributed by atoms with E-state index in [9.17, 15) is 9.59 Å². The van der Waals surface area contributed by atoms with Gasteiger partial charge >= 0.3 is 5.97 Å². The summed E-state index contributed by atoms with van der Waals surface area (Å²) in [4.78, 5) is 23.8. The number of hydrogen-bond donors (Lipinski definition) is 1. The lowest BCUT2D eigenvalue weighted by Gasteiger charge is -2.11. The smallest absolute Gasteiger partial charge is 0.308 e. The van der Waals surface area contributed by atoms with Crippen LogP contribution >= 0.6 is 0 Å². The molecule has 1 aromatic heterocycles. The van der Waals surface area contributed by atoms with E-state index in [2.05, 4.69) is 5.32 Å². The molecule has 0 bridgehead atoms. The van der Waals surface area contributed by atoms with Crippen molar-refractivity contribution in [2.75, 3.05) is 12.4 Å². The van der Waals surface area contributed by atoms with Crippen molar-refractivity contribution in [1.29, 1.82) is 0 Å². The number of benzene rings is 3. The van der Waals surface area contributed by atoms with Crippen LogP contribution in [-0.4, -0.2) is 19.0 Å². The molecule has 6 heteroatoms. The van der Waals surface area contributed by atoms with Gasteiger partial charge in [-0.2, -0.15) is 0 Å². The highest BCUT2D eigenvalue weighted by Gasteiger charge is 2.15. The van der Waals surface area contributed by atoms with Gasteiger partial charge in [-0.1, -0.05) is 24.3 Å². The highest BCUT2D eigenvalue weighted by atomic mass is 16.5. The van der Waals surface area contributed by atoms with Crippen LogP contribution in [-0.2, 0) is 4.79 Å². The number of ether oxygens (including phenoxy) is 2. The van der Waals surface area contributed by atoms with E-state index < -0.39 is 5.97 Å². The van der Waals surface area contributed by atoms with Crippen LogP contribution in [0.5, 0.6) is 11.5 Å². The fourth-order valence-corrected chi connectivity index (χ4v) is 3.08. The molecule has 1 amide bonds. The molecule has 0 saturated heterocycles. The first-order valence-electron chi connectivity index (χ1n) is 8.64. The second-order valence-corrected chi connectivity index (χ2v) is 6.22. The molecule has 0 aliphatic heterocycles. The van der Waals surface area contributed by atoms with E-state index in [-0.39, 0.29) is 5.91 Å². The lowest BCUT2D eigenvalue weighted by atomic mass is 10.1. The van der Waals surface area contributed by atoms with Crippen molar-refractivity contribution in [2.45, 2.75) is 6.92 Å². The number of furan rings is 1. The zero-order chi connectivity index (χ0) is 19.7. The van der Waals surface area contributed by atoms with E-state index in [4.69, 9.17) is 13.9 Å². The van der Waals surface area contributed by atoms with E-state index in [0.717, 1.165) is 16.4 Å². The van der Waals surface area contributed by atoms with Crippen LogP contribution in [0, 0.1) is 0 Å².